The summed E-state index contributed by atoms with van der Waals surface area (Å²) in [5.74, 6) is -0.655. The van der Waals surface area contributed by atoms with Crippen molar-refractivity contribution in [3.63, 3.8) is 0 Å². The Bertz CT molecular complexity index is 615. The molecule has 22 heavy (non-hydrogen) atoms. The van der Waals surface area contributed by atoms with E-state index >= 15 is 0 Å². The molecular formula is C19H23NO2. The molecule has 1 atom stereocenters. The summed E-state index contributed by atoms with van der Waals surface area (Å²) < 4.78 is 0. The van der Waals surface area contributed by atoms with E-state index in [9.17, 15) is 4.79 Å². The summed E-state index contributed by atoms with van der Waals surface area (Å²) in [4.78, 5) is 13.0. The summed E-state index contributed by atoms with van der Waals surface area (Å²) in [6.45, 7) is 2.03. The number of benzene rings is 2. The van der Waals surface area contributed by atoms with Crippen molar-refractivity contribution in [2.75, 3.05) is 19.0 Å². The molecule has 0 fully saturated rings. The molecule has 3 nitrogen and oxygen atoms in total. The summed E-state index contributed by atoms with van der Waals surface area (Å²) in [5.41, 5.74) is 4.59. The maximum Gasteiger partial charge on any atom is 0.303 e. The zero-order valence-electron chi connectivity index (χ0n) is 13.4. The number of rotatable bonds is 6. The van der Waals surface area contributed by atoms with Gasteiger partial charge in [-0.15, -0.1) is 0 Å². The van der Waals surface area contributed by atoms with Crippen LogP contribution in [0.2, 0.25) is 0 Å². The highest BCUT2D eigenvalue weighted by molar-refractivity contribution is 5.69. The van der Waals surface area contributed by atoms with Crippen LogP contribution in [0, 0.1) is 0 Å². The average Bonchev–Trinajstić information content (AvgIpc) is 2.52. The highest BCUT2D eigenvalue weighted by Crippen LogP contribution is 2.27. The van der Waals surface area contributed by atoms with Crippen molar-refractivity contribution in [1.82, 2.24) is 0 Å². The number of hydrogen-bond donors (Lipinski definition) is 1. The Balaban J connectivity index is 2.19. The van der Waals surface area contributed by atoms with Gasteiger partial charge in [-0.05, 0) is 41.2 Å². The molecule has 0 saturated carbocycles. The van der Waals surface area contributed by atoms with E-state index in [0.29, 0.717) is 0 Å². The monoisotopic (exact) mass is 297 g/mol. The molecule has 0 heterocycles. The van der Waals surface area contributed by atoms with Crippen LogP contribution in [0.4, 0.5) is 5.69 Å². The maximum absolute atomic E-state index is 10.9. The number of carboxylic acid groups (broad SMARTS) is 1. The molecule has 2 rings (SSSR count). The first-order valence-electron chi connectivity index (χ1n) is 7.60. The molecule has 0 amide bonds. The molecule has 0 spiro atoms. The Hall–Kier alpha value is -2.29. The third-order valence-electron chi connectivity index (χ3n) is 4.01. The Labute approximate surface area is 132 Å². The molecule has 0 aliphatic carbocycles. The fourth-order valence-corrected chi connectivity index (χ4v) is 2.61. The lowest BCUT2D eigenvalue weighted by Crippen LogP contribution is -2.07. The minimum absolute atomic E-state index is 0.0858. The number of aliphatic carboxylic acids is 1. The van der Waals surface area contributed by atoms with Gasteiger partial charge in [-0.1, -0.05) is 43.3 Å². The van der Waals surface area contributed by atoms with Crippen LogP contribution >= 0.6 is 0 Å². The second kappa shape index (κ2) is 7.12. The molecule has 1 unspecified atom stereocenters. The van der Waals surface area contributed by atoms with Crippen molar-refractivity contribution in [2.24, 2.45) is 0 Å². The molecule has 1 N–H and O–H groups in total. The van der Waals surface area contributed by atoms with Crippen LogP contribution in [0.25, 0.3) is 11.1 Å². The molecule has 2 aromatic carbocycles. The van der Waals surface area contributed by atoms with Gasteiger partial charge < -0.3 is 10.0 Å². The van der Waals surface area contributed by atoms with Gasteiger partial charge in [-0.25, -0.2) is 0 Å². The van der Waals surface area contributed by atoms with Crippen molar-refractivity contribution in [3.8, 4) is 11.1 Å². The predicted octanol–water partition coefficient (Wildman–Crippen LogP) is 4.39. The molecule has 0 aliphatic heterocycles. The summed E-state index contributed by atoms with van der Waals surface area (Å²) in [7, 11) is 4.05. The van der Waals surface area contributed by atoms with Gasteiger partial charge in [-0.3, -0.25) is 4.79 Å². The lowest BCUT2D eigenvalue weighted by atomic mass is 9.92. The van der Waals surface area contributed by atoms with E-state index < -0.39 is 5.97 Å². The first kappa shape index (κ1) is 16.1. The lowest BCUT2D eigenvalue weighted by molar-refractivity contribution is -0.137. The van der Waals surface area contributed by atoms with E-state index in [1.54, 1.807) is 0 Å². The number of carboxylic acids is 1. The van der Waals surface area contributed by atoms with Gasteiger partial charge in [0.2, 0.25) is 0 Å². The third kappa shape index (κ3) is 3.88. The fraction of sp³-hybridized carbons (Fsp3) is 0.316. The van der Waals surface area contributed by atoms with E-state index in [2.05, 4.69) is 41.3 Å². The van der Waals surface area contributed by atoms with Crippen molar-refractivity contribution in [1.29, 1.82) is 0 Å². The number of nitrogens with zero attached hydrogens (tertiary/aromatic N) is 1. The second-order valence-electron chi connectivity index (χ2n) is 5.77. The first-order valence-corrected chi connectivity index (χ1v) is 7.60. The zero-order chi connectivity index (χ0) is 16.1. The van der Waals surface area contributed by atoms with Crippen LogP contribution in [-0.2, 0) is 4.79 Å². The minimum Gasteiger partial charge on any atom is -0.481 e. The third-order valence-corrected chi connectivity index (χ3v) is 4.01. The molecule has 116 valence electrons. The van der Waals surface area contributed by atoms with Crippen LogP contribution in [0.15, 0.2) is 48.5 Å². The van der Waals surface area contributed by atoms with Gasteiger partial charge >= 0.3 is 5.97 Å². The molecule has 0 bridgehead atoms. The average molecular weight is 297 g/mol. The fourth-order valence-electron chi connectivity index (χ4n) is 2.61. The van der Waals surface area contributed by atoms with Crippen molar-refractivity contribution >= 4 is 11.7 Å². The number of hydrogen-bond acceptors (Lipinski definition) is 2. The van der Waals surface area contributed by atoms with Crippen LogP contribution in [-0.4, -0.2) is 25.2 Å². The van der Waals surface area contributed by atoms with Gasteiger partial charge in [0.25, 0.3) is 0 Å². The quantitative estimate of drug-likeness (QED) is 0.859. The van der Waals surface area contributed by atoms with E-state index in [1.165, 1.54) is 11.3 Å². The summed E-state index contributed by atoms with van der Waals surface area (Å²) in [5, 5.41) is 8.98. The molecule has 0 saturated heterocycles. The van der Waals surface area contributed by atoms with Gasteiger partial charge in [0.05, 0.1) is 6.42 Å². The SMILES string of the molecule is CCC(CC(=O)O)c1ccc(-c2ccc(N(C)C)cc2)cc1. The summed E-state index contributed by atoms with van der Waals surface area (Å²) >= 11 is 0. The maximum atomic E-state index is 10.9. The lowest BCUT2D eigenvalue weighted by Gasteiger charge is -2.14. The second-order valence-corrected chi connectivity index (χ2v) is 5.77. The summed E-state index contributed by atoms with van der Waals surface area (Å²) in [6.07, 6.45) is 1.02. The van der Waals surface area contributed by atoms with E-state index in [4.69, 9.17) is 5.11 Å². The van der Waals surface area contributed by atoms with E-state index in [1.807, 2.05) is 33.2 Å². The molecule has 0 radical (unpaired) electrons. The Morgan fingerprint density at radius 1 is 1.00 bits per heavy atom. The first-order chi connectivity index (χ1) is 10.5. The van der Waals surface area contributed by atoms with Gasteiger partial charge in [0, 0.05) is 19.8 Å². The van der Waals surface area contributed by atoms with Crippen molar-refractivity contribution in [3.05, 3.63) is 54.1 Å². The smallest absolute Gasteiger partial charge is 0.303 e. The summed E-state index contributed by atoms with van der Waals surface area (Å²) in [6, 6.07) is 16.7. The van der Waals surface area contributed by atoms with Crippen molar-refractivity contribution < 1.29 is 9.90 Å². The molecule has 3 heteroatoms. The largest absolute Gasteiger partial charge is 0.481 e. The van der Waals surface area contributed by atoms with Crippen LogP contribution < -0.4 is 4.90 Å². The molecule has 0 aromatic heterocycles. The van der Waals surface area contributed by atoms with Crippen molar-refractivity contribution in [2.45, 2.75) is 25.7 Å². The minimum atomic E-state index is -0.741. The Morgan fingerprint density at radius 3 is 1.91 bits per heavy atom. The van der Waals surface area contributed by atoms with Gasteiger partial charge in [-0.2, -0.15) is 0 Å². The highest BCUT2D eigenvalue weighted by atomic mass is 16.4. The number of anilines is 1. The number of carbonyl (C=O) groups is 1. The van der Waals surface area contributed by atoms with E-state index in [0.717, 1.165) is 17.5 Å². The van der Waals surface area contributed by atoms with Crippen LogP contribution in [0.5, 0.6) is 0 Å². The van der Waals surface area contributed by atoms with Crippen LogP contribution in [0.3, 0.4) is 0 Å². The predicted molar refractivity (Wildman–Crippen MR) is 91.5 cm³/mol. The highest BCUT2D eigenvalue weighted by Gasteiger charge is 2.13. The van der Waals surface area contributed by atoms with Crippen LogP contribution in [0.1, 0.15) is 31.2 Å². The standard InChI is InChI=1S/C19H23NO2/c1-4-14(13-19(21)22)15-5-7-16(8-6-15)17-9-11-18(12-10-17)20(2)3/h5-12,14H,4,13H2,1-3H3,(H,21,22). The normalized spacial score (nSPS) is 12.0. The Kier molecular flexibility index (Phi) is 5.21. The zero-order valence-corrected chi connectivity index (χ0v) is 13.4. The molecule has 2 aromatic rings. The Morgan fingerprint density at radius 2 is 1.50 bits per heavy atom. The van der Waals surface area contributed by atoms with Gasteiger partial charge in [0.1, 0.15) is 0 Å². The van der Waals surface area contributed by atoms with E-state index in [-0.39, 0.29) is 12.3 Å². The topological polar surface area (TPSA) is 40.5 Å². The van der Waals surface area contributed by atoms with Gasteiger partial charge in [0.15, 0.2) is 0 Å². The molecular weight excluding hydrogens is 274 g/mol. The molecule has 0 aliphatic rings.